The van der Waals surface area contributed by atoms with Gasteiger partial charge in [0.25, 0.3) is 0 Å². The molecular formula is C15H21ClN2O2. The molecule has 0 radical (unpaired) electrons. The average Bonchev–Trinajstić information content (AvgIpc) is 2.38. The number of hydrogen-bond acceptors (Lipinski definition) is 3. The van der Waals surface area contributed by atoms with Crippen molar-refractivity contribution >= 4 is 23.2 Å². The van der Waals surface area contributed by atoms with Crippen LogP contribution in [0, 0.1) is 0 Å². The molecule has 1 heterocycles. The van der Waals surface area contributed by atoms with Gasteiger partial charge in [0.05, 0.1) is 16.2 Å². The molecule has 2 unspecified atom stereocenters. The first-order valence-corrected chi connectivity index (χ1v) is 7.31. The van der Waals surface area contributed by atoms with Gasteiger partial charge >= 0.3 is 0 Å². The number of carbonyl (C=O) groups is 1. The number of benzene rings is 1. The minimum atomic E-state index is -0.508. The standard InChI is InChI=1S/C15H21ClN2O2/c1-3-15(2)9-11(6-7-20-15)18-10-4-5-12(14(17)19)13(16)8-10/h4-5,8,11,18H,3,6-7,9H2,1-2H3,(H2,17,19). The van der Waals surface area contributed by atoms with Gasteiger partial charge in [-0.3, -0.25) is 4.79 Å². The number of amides is 1. The Labute approximate surface area is 124 Å². The first-order valence-electron chi connectivity index (χ1n) is 6.93. The predicted octanol–water partition coefficient (Wildman–Crippen LogP) is 3.20. The third-order valence-electron chi connectivity index (χ3n) is 3.95. The normalized spacial score (nSPS) is 26.2. The van der Waals surface area contributed by atoms with Crippen LogP contribution in [-0.2, 0) is 4.74 Å². The van der Waals surface area contributed by atoms with E-state index in [1.165, 1.54) is 0 Å². The number of hydrogen-bond donors (Lipinski definition) is 2. The van der Waals surface area contributed by atoms with E-state index in [0.29, 0.717) is 16.6 Å². The van der Waals surface area contributed by atoms with Crippen LogP contribution in [0.5, 0.6) is 0 Å². The quantitative estimate of drug-likeness (QED) is 0.897. The largest absolute Gasteiger partial charge is 0.382 e. The van der Waals surface area contributed by atoms with Crippen LogP contribution < -0.4 is 11.1 Å². The second-order valence-electron chi connectivity index (χ2n) is 5.54. The van der Waals surface area contributed by atoms with Gasteiger partial charge in [0, 0.05) is 18.3 Å². The molecule has 1 amide bonds. The van der Waals surface area contributed by atoms with Gasteiger partial charge in [0.15, 0.2) is 0 Å². The molecule has 20 heavy (non-hydrogen) atoms. The highest BCUT2D eigenvalue weighted by Crippen LogP contribution is 2.30. The van der Waals surface area contributed by atoms with E-state index in [-0.39, 0.29) is 5.60 Å². The number of ether oxygens (including phenoxy) is 1. The molecule has 1 aliphatic heterocycles. The summed E-state index contributed by atoms with van der Waals surface area (Å²) in [6, 6.07) is 5.60. The van der Waals surface area contributed by atoms with E-state index >= 15 is 0 Å². The molecule has 0 spiro atoms. The highest BCUT2D eigenvalue weighted by atomic mass is 35.5. The molecule has 2 rings (SSSR count). The maximum atomic E-state index is 11.1. The van der Waals surface area contributed by atoms with Crippen LogP contribution in [0.2, 0.25) is 5.02 Å². The van der Waals surface area contributed by atoms with Crippen molar-refractivity contribution in [3.8, 4) is 0 Å². The average molecular weight is 297 g/mol. The van der Waals surface area contributed by atoms with Crippen LogP contribution in [-0.4, -0.2) is 24.2 Å². The molecule has 0 bridgehead atoms. The zero-order valence-electron chi connectivity index (χ0n) is 11.9. The van der Waals surface area contributed by atoms with E-state index in [9.17, 15) is 4.79 Å². The topological polar surface area (TPSA) is 64.3 Å². The number of primary amides is 1. The summed E-state index contributed by atoms with van der Waals surface area (Å²) in [6.07, 6.45) is 2.91. The Morgan fingerprint density at radius 3 is 2.95 bits per heavy atom. The summed E-state index contributed by atoms with van der Waals surface area (Å²) in [5.41, 5.74) is 6.44. The Bertz CT molecular complexity index is 507. The van der Waals surface area contributed by atoms with Crippen LogP contribution in [0.3, 0.4) is 0 Å². The predicted molar refractivity (Wildman–Crippen MR) is 81.3 cm³/mol. The van der Waals surface area contributed by atoms with Crippen molar-refractivity contribution in [1.82, 2.24) is 0 Å². The smallest absolute Gasteiger partial charge is 0.250 e. The van der Waals surface area contributed by atoms with E-state index in [4.69, 9.17) is 22.1 Å². The maximum Gasteiger partial charge on any atom is 0.250 e. The van der Waals surface area contributed by atoms with Crippen molar-refractivity contribution < 1.29 is 9.53 Å². The van der Waals surface area contributed by atoms with Crippen LogP contribution in [0.1, 0.15) is 43.5 Å². The summed E-state index contributed by atoms with van der Waals surface area (Å²) in [6.45, 7) is 5.04. The first kappa shape index (κ1) is 15.1. The molecule has 4 nitrogen and oxygen atoms in total. The van der Waals surface area contributed by atoms with Crippen LogP contribution in [0.15, 0.2) is 18.2 Å². The zero-order valence-corrected chi connectivity index (χ0v) is 12.7. The molecule has 110 valence electrons. The summed E-state index contributed by atoms with van der Waals surface area (Å²) in [5.74, 6) is -0.508. The zero-order chi connectivity index (χ0) is 14.8. The number of halogens is 1. The second kappa shape index (κ2) is 6.02. The summed E-state index contributed by atoms with van der Waals surface area (Å²) >= 11 is 6.06. The fourth-order valence-electron chi connectivity index (χ4n) is 2.54. The van der Waals surface area contributed by atoms with E-state index in [2.05, 4.69) is 19.2 Å². The van der Waals surface area contributed by atoms with Crippen molar-refractivity contribution in [2.24, 2.45) is 5.73 Å². The van der Waals surface area contributed by atoms with Gasteiger partial charge in [0.1, 0.15) is 0 Å². The van der Waals surface area contributed by atoms with Gasteiger partial charge in [-0.15, -0.1) is 0 Å². The Balaban J connectivity index is 2.07. The number of nitrogens with two attached hydrogens (primary N) is 1. The molecule has 0 aliphatic carbocycles. The van der Waals surface area contributed by atoms with Crippen molar-refractivity contribution in [2.75, 3.05) is 11.9 Å². The lowest BCUT2D eigenvalue weighted by Gasteiger charge is -2.38. The molecule has 3 N–H and O–H groups in total. The van der Waals surface area contributed by atoms with E-state index in [1.54, 1.807) is 12.1 Å². The van der Waals surface area contributed by atoms with Gasteiger partial charge in [-0.1, -0.05) is 18.5 Å². The van der Waals surface area contributed by atoms with Gasteiger partial charge < -0.3 is 15.8 Å². The molecule has 0 saturated carbocycles. The number of nitrogens with one attached hydrogen (secondary N) is 1. The molecule has 2 atom stereocenters. The molecule has 1 aromatic rings. The minimum Gasteiger partial charge on any atom is -0.382 e. The van der Waals surface area contributed by atoms with Crippen LogP contribution in [0.4, 0.5) is 5.69 Å². The molecule has 0 aromatic heterocycles. The fourth-order valence-corrected chi connectivity index (χ4v) is 2.81. The van der Waals surface area contributed by atoms with E-state index < -0.39 is 5.91 Å². The van der Waals surface area contributed by atoms with Gasteiger partial charge in [0.2, 0.25) is 5.91 Å². The van der Waals surface area contributed by atoms with Gasteiger partial charge in [-0.05, 0) is 44.4 Å². The summed E-state index contributed by atoms with van der Waals surface area (Å²) < 4.78 is 5.83. The SMILES string of the molecule is CCC1(C)CC(Nc2ccc(C(N)=O)c(Cl)c2)CCO1. The minimum absolute atomic E-state index is 0.0626. The number of rotatable bonds is 4. The Morgan fingerprint density at radius 2 is 2.35 bits per heavy atom. The lowest BCUT2D eigenvalue weighted by Crippen LogP contribution is -2.41. The third kappa shape index (κ3) is 3.44. The maximum absolute atomic E-state index is 11.1. The highest BCUT2D eigenvalue weighted by Gasteiger charge is 2.31. The molecule has 1 saturated heterocycles. The Kier molecular flexibility index (Phi) is 4.55. The van der Waals surface area contributed by atoms with E-state index in [0.717, 1.165) is 31.6 Å². The molecule has 1 fully saturated rings. The third-order valence-corrected chi connectivity index (χ3v) is 4.26. The molecule has 1 aromatic carbocycles. The first-order chi connectivity index (χ1) is 9.43. The Morgan fingerprint density at radius 1 is 1.60 bits per heavy atom. The van der Waals surface area contributed by atoms with Crippen LogP contribution in [0.25, 0.3) is 0 Å². The second-order valence-corrected chi connectivity index (χ2v) is 5.95. The monoisotopic (exact) mass is 296 g/mol. The summed E-state index contributed by atoms with van der Waals surface area (Å²) in [5, 5.41) is 3.84. The lowest BCUT2D eigenvalue weighted by atomic mass is 9.90. The number of carbonyl (C=O) groups excluding carboxylic acids is 1. The van der Waals surface area contributed by atoms with E-state index in [1.807, 2.05) is 6.07 Å². The van der Waals surface area contributed by atoms with Crippen molar-refractivity contribution in [3.05, 3.63) is 28.8 Å². The van der Waals surface area contributed by atoms with Crippen molar-refractivity contribution in [1.29, 1.82) is 0 Å². The molecular weight excluding hydrogens is 276 g/mol. The highest BCUT2D eigenvalue weighted by molar-refractivity contribution is 6.34. The summed E-state index contributed by atoms with van der Waals surface area (Å²) in [7, 11) is 0. The molecule has 5 heteroatoms. The Hall–Kier alpha value is -1.26. The van der Waals surface area contributed by atoms with Crippen LogP contribution >= 0.6 is 11.6 Å². The fraction of sp³-hybridized carbons (Fsp3) is 0.533. The van der Waals surface area contributed by atoms with Crippen molar-refractivity contribution in [2.45, 2.75) is 44.8 Å². The van der Waals surface area contributed by atoms with Gasteiger partial charge in [-0.2, -0.15) is 0 Å². The summed E-state index contributed by atoms with van der Waals surface area (Å²) in [4.78, 5) is 11.1. The number of anilines is 1. The van der Waals surface area contributed by atoms with Crippen molar-refractivity contribution in [3.63, 3.8) is 0 Å². The van der Waals surface area contributed by atoms with Gasteiger partial charge in [-0.25, -0.2) is 0 Å². The lowest BCUT2D eigenvalue weighted by molar-refractivity contribution is -0.0708. The molecule has 1 aliphatic rings.